The van der Waals surface area contributed by atoms with Crippen LogP contribution in [0, 0.1) is 0 Å². The first-order chi connectivity index (χ1) is 16.0. The average molecular weight is 427 g/mol. The first-order valence-corrected chi connectivity index (χ1v) is 11.7. The molecule has 0 fully saturated rings. The van der Waals surface area contributed by atoms with Gasteiger partial charge in [0.1, 0.15) is 11.1 Å². The molecule has 158 valence electrons. The predicted octanol–water partition coefficient (Wildman–Crippen LogP) is 5.97. The van der Waals surface area contributed by atoms with Crippen LogP contribution in [-0.2, 0) is 11.1 Å². The van der Waals surface area contributed by atoms with Crippen molar-refractivity contribution in [3.05, 3.63) is 120 Å². The number of aromatic nitrogens is 2. The van der Waals surface area contributed by atoms with Crippen molar-refractivity contribution in [3.8, 4) is 22.5 Å². The second-order valence-electron chi connectivity index (χ2n) is 10.3. The molecule has 2 aliphatic heterocycles. The fourth-order valence-electron chi connectivity index (χ4n) is 5.97. The van der Waals surface area contributed by atoms with E-state index < -0.39 is 5.66 Å². The number of fused-ring (bicyclic) bond motifs is 12. The lowest BCUT2D eigenvalue weighted by molar-refractivity contribution is -0.944. The lowest BCUT2D eigenvalue weighted by atomic mass is 9.87. The van der Waals surface area contributed by atoms with Gasteiger partial charge in [-0.1, -0.05) is 57.2 Å². The topological polar surface area (TPSA) is 7.76 Å². The maximum absolute atomic E-state index is 2.58. The van der Waals surface area contributed by atoms with Gasteiger partial charge in [0, 0.05) is 29.1 Å². The fraction of sp³-hybridized carbons (Fsp3) is 0.161. The molecule has 0 N–H and O–H groups in total. The Kier molecular flexibility index (Phi) is 3.51. The van der Waals surface area contributed by atoms with Crippen molar-refractivity contribution in [1.82, 2.24) is 0 Å². The molecule has 2 aliphatic rings. The molecule has 0 radical (unpaired) electrons. The van der Waals surface area contributed by atoms with E-state index in [0.29, 0.717) is 0 Å². The molecule has 2 heteroatoms. The molecular formula is C31H26N2+2. The third kappa shape index (κ3) is 2.23. The van der Waals surface area contributed by atoms with E-state index in [-0.39, 0.29) is 5.41 Å². The van der Waals surface area contributed by atoms with E-state index in [0.717, 1.165) is 0 Å². The first kappa shape index (κ1) is 18.8. The van der Waals surface area contributed by atoms with E-state index in [4.69, 9.17) is 0 Å². The minimum Gasteiger partial charge on any atom is -0.125 e. The SMILES string of the molecule is CC(C)(C)c1ccc2[n+](c1)C1(c3ccccc3-2)c2ccccc2-c2ccc3ccccc3[n+]21. The number of para-hydroxylation sites is 1. The standard InChI is InChI=1S/C31H26N2/c1-30(2,3)22-17-19-28-23-11-5-7-13-25(23)31(32(28)20-22)26-14-8-6-12-24(26)29-18-16-21-10-4-9-15-27(21)33(29)31/h4-20H,1-3H3/q+2. The zero-order valence-corrected chi connectivity index (χ0v) is 19.2. The highest BCUT2D eigenvalue weighted by Crippen LogP contribution is 2.47. The van der Waals surface area contributed by atoms with Crippen molar-refractivity contribution in [2.24, 2.45) is 0 Å². The second-order valence-corrected chi connectivity index (χ2v) is 10.3. The van der Waals surface area contributed by atoms with Crippen LogP contribution in [0.15, 0.2) is 103 Å². The normalized spacial score (nSPS) is 17.7. The quantitative estimate of drug-likeness (QED) is 0.264. The summed E-state index contributed by atoms with van der Waals surface area (Å²) in [6.07, 6.45) is 2.40. The largest absolute Gasteiger partial charge is 0.418 e. The van der Waals surface area contributed by atoms with E-state index in [1.54, 1.807) is 0 Å². The molecule has 1 unspecified atom stereocenters. The zero-order chi connectivity index (χ0) is 22.4. The Morgan fingerprint density at radius 1 is 0.606 bits per heavy atom. The minimum atomic E-state index is -0.458. The summed E-state index contributed by atoms with van der Waals surface area (Å²) in [4.78, 5) is 0. The van der Waals surface area contributed by atoms with Gasteiger partial charge in [-0.25, -0.2) is 0 Å². The van der Waals surface area contributed by atoms with Crippen molar-refractivity contribution >= 4 is 10.9 Å². The van der Waals surface area contributed by atoms with Gasteiger partial charge in [0.05, 0.1) is 11.1 Å². The summed E-state index contributed by atoms with van der Waals surface area (Å²) in [5.74, 6) is 0. The van der Waals surface area contributed by atoms with Crippen molar-refractivity contribution in [2.75, 3.05) is 0 Å². The van der Waals surface area contributed by atoms with Crippen molar-refractivity contribution in [2.45, 2.75) is 31.8 Å². The van der Waals surface area contributed by atoms with Crippen LogP contribution in [0.2, 0.25) is 0 Å². The van der Waals surface area contributed by atoms with Crippen LogP contribution >= 0.6 is 0 Å². The van der Waals surface area contributed by atoms with Crippen molar-refractivity contribution in [3.63, 3.8) is 0 Å². The summed E-state index contributed by atoms with van der Waals surface area (Å²) in [5, 5.41) is 1.26. The van der Waals surface area contributed by atoms with Gasteiger partial charge in [-0.15, -0.1) is 9.13 Å². The van der Waals surface area contributed by atoms with Crippen LogP contribution in [0.1, 0.15) is 37.5 Å². The molecule has 5 aromatic rings. The van der Waals surface area contributed by atoms with Crippen LogP contribution in [0.5, 0.6) is 0 Å². The zero-order valence-electron chi connectivity index (χ0n) is 19.2. The molecule has 3 aromatic carbocycles. The van der Waals surface area contributed by atoms with Crippen LogP contribution in [-0.4, -0.2) is 0 Å². The molecule has 4 heterocycles. The Morgan fingerprint density at radius 3 is 1.94 bits per heavy atom. The highest BCUT2D eigenvalue weighted by Gasteiger charge is 2.67. The Labute approximate surface area is 194 Å². The van der Waals surface area contributed by atoms with E-state index in [2.05, 4.69) is 133 Å². The van der Waals surface area contributed by atoms with Crippen LogP contribution < -0.4 is 9.13 Å². The number of benzene rings is 3. The molecule has 33 heavy (non-hydrogen) atoms. The number of rotatable bonds is 0. The Bertz CT molecular complexity index is 1590. The Balaban J connectivity index is 1.74. The van der Waals surface area contributed by atoms with Crippen LogP contribution in [0.4, 0.5) is 0 Å². The number of hydrogen-bond acceptors (Lipinski definition) is 0. The summed E-state index contributed by atoms with van der Waals surface area (Å²) >= 11 is 0. The summed E-state index contributed by atoms with van der Waals surface area (Å²) in [7, 11) is 0. The van der Waals surface area contributed by atoms with Gasteiger partial charge < -0.3 is 0 Å². The molecule has 0 saturated carbocycles. The van der Waals surface area contributed by atoms with E-state index >= 15 is 0 Å². The summed E-state index contributed by atoms with van der Waals surface area (Å²) < 4.78 is 5.12. The third-order valence-corrected chi connectivity index (χ3v) is 7.48. The molecule has 2 aromatic heterocycles. The molecular weight excluding hydrogens is 400 g/mol. The van der Waals surface area contributed by atoms with Crippen molar-refractivity contribution in [1.29, 1.82) is 0 Å². The fourth-order valence-corrected chi connectivity index (χ4v) is 5.97. The monoisotopic (exact) mass is 426 g/mol. The maximum Gasteiger partial charge on any atom is 0.418 e. The van der Waals surface area contributed by atoms with Gasteiger partial charge in [0.15, 0.2) is 6.20 Å². The molecule has 0 saturated heterocycles. The number of hydrogen-bond donors (Lipinski definition) is 0. The van der Waals surface area contributed by atoms with E-state index in [1.807, 2.05) is 0 Å². The summed E-state index contributed by atoms with van der Waals surface area (Å²) in [5.41, 5.74) is 10.0. The average Bonchev–Trinajstić information content (AvgIpc) is 3.30. The smallest absolute Gasteiger partial charge is 0.125 e. The van der Waals surface area contributed by atoms with Gasteiger partial charge in [-0.05, 0) is 47.9 Å². The maximum atomic E-state index is 2.58. The first-order valence-electron chi connectivity index (χ1n) is 11.7. The number of nitrogens with zero attached hydrogens (tertiary/aromatic N) is 2. The van der Waals surface area contributed by atoms with Crippen LogP contribution in [0.25, 0.3) is 33.4 Å². The molecule has 1 atom stereocenters. The van der Waals surface area contributed by atoms with Gasteiger partial charge >= 0.3 is 5.66 Å². The Hall–Kier alpha value is -3.78. The van der Waals surface area contributed by atoms with E-state index in [1.165, 1.54) is 50.1 Å². The molecule has 0 aliphatic carbocycles. The predicted molar refractivity (Wildman–Crippen MR) is 132 cm³/mol. The van der Waals surface area contributed by atoms with Gasteiger partial charge in [-0.2, -0.15) is 0 Å². The van der Waals surface area contributed by atoms with Gasteiger partial charge in [0.2, 0.25) is 16.9 Å². The summed E-state index contributed by atoms with van der Waals surface area (Å²) in [6.45, 7) is 6.88. The Morgan fingerprint density at radius 2 is 1.21 bits per heavy atom. The lowest BCUT2D eigenvalue weighted by Gasteiger charge is -2.21. The number of pyridine rings is 2. The summed E-state index contributed by atoms with van der Waals surface area (Å²) in [6, 6.07) is 35.8. The molecule has 0 bridgehead atoms. The highest BCUT2D eigenvalue weighted by atomic mass is 15.3. The third-order valence-electron chi connectivity index (χ3n) is 7.48. The lowest BCUT2D eigenvalue weighted by Crippen LogP contribution is -2.71. The second kappa shape index (κ2) is 6.17. The highest BCUT2D eigenvalue weighted by molar-refractivity contribution is 5.81. The van der Waals surface area contributed by atoms with E-state index in [9.17, 15) is 0 Å². The molecule has 7 rings (SSSR count). The molecule has 0 amide bonds. The van der Waals surface area contributed by atoms with Crippen LogP contribution in [0.3, 0.4) is 0 Å². The minimum absolute atomic E-state index is 0.0579. The van der Waals surface area contributed by atoms with Gasteiger partial charge in [-0.3, -0.25) is 0 Å². The molecule has 1 spiro atoms. The van der Waals surface area contributed by atoms with Gasteiger partial charge in [0.25, 0.3) is 0 Å². The van der Waals surface area contributed by atoms with Crippen molar-refractivity contribution < 1.29 is 9.13 Å². The molecule has 2 nitrogen and oxygen atoms in total.